The molecular weight excluding hydrogens is 208 g/mol. The van der Waals surface area contributed by atoms with Gasteiger partial charge in [-0.15, -0.1) is 0 Å². The smallest absolute Gasteiger partial charge is 0.0233 e. The molecule has 1 heterocycles. The molecule has 2 aliphatic rings. The van der Waals surface area contributed by atoms with Crippen molar-refractivity contribution in [2.75, 3.05) is 7.05 Å². The van der Waals surface area contributed by atoms with Crippen LogP contribution in [0.15, 0.2) is 18.2 Å². The van der Waals surface area contributed by atoms with Crippen LogP contribution in [0.2, 0.25) is 0 Å². The summed E-state index contributed by atoms with van der Waals surface area (Å²) >= 11 is 0. The molecule has 92 valence electrons. The molecule has 1 aliphatic carbocycles. The van der Waals surface area contributed by atoms with Gasteiger partial charge in [0.1, 0.15) is 0 Å². The van der Waals surface area contributed by atoms with Crippen molar-refractivity contribution >= 4 is 0 Å². The first-order chi connectivity index (χ1) is 8.33. The van der Waals surface area contributed by atoms with Crippen LogP contribution < -0.4 is 5.32 Å². The van der Waals surface area contributed by atoms with Crippen molar-refractivity contribution in [3.05, 3.63) is 34.9 Å². The number of fused-ring (bicyclic) bond motifs is 1. The van der Waals surface area contributed by atoms with Gasteiger partial charge in [0.05, 0.1) is 0 Å². The summed E-state index contributed by atoms with van der Waals surface area (Å²) in [5, 5.41) is 3.41. The molecule has 3 rings (SSSR count). The minimum Gasteiger partial charge on any atom is -0.309 e. The van der Waals surface area contributed by atoms with Crippen LogP contribution in [0, 0.1) is 0 Å². The van der Waals surface area contributed by atoms with Gasteiger partial charge in [-0.1, -0.05) is 31.0 Å². The Bertz CT molecular complexity index is 394. The molecule has 0 unspecified atom stereocenters. The molecule has 1 aliphatic heterocycles. The van der Waals surface area contributed by atoms with Gasteiger partial charge < -0.3 is 5.32 Å². The van der Waals surface area contributed by atoms with E-state index in [-0.39, 0.29) is 0 Å². The van der Waals surface area contributed by atoms with Crippen molar-refractivity contribution in [1.29, 1.82) is 0 Å². The summed E-state index contributed by atoms with van der Waals surface area (Å²) in [7, 11) is 2.28. The lowest BCUT2D eigenvalue weighted by atomic mass is 10.1. The summed E-state index contributed by atoms with van der Waals surface area (Å²) in [6.07, 6.45) is 5.62. The fourth-order valence-electron chi connectivity index (χ4n) is 3.21. The molecule has 2 nitrogen and oxygen atoms in total. The second-order valence-corrected chi connectivity index (χ2v) is 5.56. The van der Waals surface area contributed by atoms with E-state index < -0.39 is 0 Å². The van der Waals surface area contributed by atoms with Crippen LogP contribution in [-0.2, 0) is 19.6 Å². The fourth-order valence-corrected chi connectivity index (χ4v) is 3.21. The summed E-state index contributed by atoms with van der Waals surface area (Å²) in [5.74, 6) is 0. The van der Waals surface area contributed by atoms with E-state index >= 15 is 0 Å². The molecular formula is C15H22N2. The van der Waals surface area contributed by atoms with E-state index in [1.54, 1.807) is 0 Å². The zero-order chi connectivity index (χ0) is 11.7. The second-order valence-electron chi connectivity index (χ2n) is 5.56. The highest BCUT2D eigenvalue weighted by Gasteiger charge is 2.19. The lowest BCUT2D eigenvalue weighted by Gasteiger charge is -2.24. The highest BCUT2D eigenvalue weighted by atomic mass is 15.1. The maximum Gasteiger partial charge on any atom is 0.0233 e. The first kappa shape index (κ1) is 11.2. The van der Waals surface area contributed by atoms with Crippen molar-refractivity contribution in [1.82, 2.24) is 10.2 Å². The average Bonchev–Trinajstić information content (AvgIpc) is 2.99. The molecule has 1 aromatic rings. The highest BCUT2D eigenvalue weighted by Crippen LogP contribution is 2.24. The van der Waals surface area contributed by atoms with Crippen molar-refractivity contribution in [3.8, 4) is 0 Å². The summed E-state index contributed by atoms with van der Waals surface area (Å²) in [4.78, 5) is 2.54. The average molecular weight is 230 g/mol. The van der Waals surface area contributed by atoms with Gasteiger partial charge >= 0.3 is 0 Å². The van der Waals surface area contributed by atoms with Crippen LogP contribution in [-0.4, -0.2) is 18.0 Å². The Labute approximate surface area is 104 Å². The van der Waals surface area contributed by atoms with E-state index in [0.29, 0.717) is 0 Å². The zero-order valence-corrected chi connectivity index (χ0v) is 10.7. The molecule has 17 heavy (non-hydrogen) atoms. The first-order valence-corrected chi connectivity index (χ1v) is 6.84. The third kappa shape index (κ3) is 2.38. The predicted molar refractivity (Wildman–Crippen MR) is 70.7 cm³/mol. The zero-order valence-electron chi connectivity index (χ0n) is 10.7. The molecule has 1 fully saturated rings. The lowest BCUT2D eigenvalue weighted by Crippen LogP contribution is -2.28. The molecule has 0 aromatic heterocycles. The number of nitrogens with one attached hydrogen (secondary N) is 1. The lowest BCUT2D eigenvalue weighted by molar-refractivity contribution is 0.237. The third-order valence-corrected chi connectivity index (χ3v) is 4.28. The molecule has 0 bridgehead atoms. The second kappa shape index (κ2) is 4.79. The third-order valence-electron chi connectivity index (χ3n) is 4.28. The molecule has 0 amide bonds. The molecule has 0 spiro atoms. The Morgan fingerprint density at radius 3 is 2.76 bits per heavy atom. The highest BCUT2D eigenvalue weighted by molar-refractivity contribution is 5.34. The molecule has 0 radical (unpaired) electrons. The Morgan fingerprint density at radius 2 is 1.94 bits per heavy atom. The minimum atomic E-state index is 0.821. The van der Waals surface area contributed by atoms with E-state index in [2.05, 4.69) is 35.5 Å². The Kier molecular flexibility index (Phi) is 3.17. The van der Waals surface area contributed by atoms with E-state index in [4.69, 9.17) is 0 Å². The summed E-state index contributed by atoms with van der Waals surface area (Å²) in [6.45, 7) is 3.21. The van der Waals surface area contributed by atoms with E-state index in [1.807, 2.05) is 0 Å². The maximum absolute atomic E-state index is 3.41. The summed E-state index contributed by atoms with van der Waals surface area (Å²) in [5.41, 5.74) is 4.46. The maximum atomic E-state index is 3.41. The SMILES string of the molecule is CN(Cc1ccc2c(c1)CNC2)C1CCCC1. The van der Waals surface area contributed by atoms with Crippen LogP contribution in [0.5, 0.6) is 0 Å². The minimum absolute atomic E-state index is 0.821. The molecule has 0 saturated heterocycles. The van der Waals surface area contributed by atoms with Crippen LogP contribution in [0.25, 0.3) is 0 Å². The molecule has 1 saturated carbocycles. The number of nitrogens with zero attached hydrogens (tertiary/aromatic N) is 1. The monoisotopic (exact) mass is 230 g/mol. The number of hydrogen-bond donors (Lipinski definition) is 1. The van der Waals surface area contributed by atoms with Gasteiger partial charge in [-0.05, 0) is 36.6 Å². The molecule has 2 heteroatoms. The quantitative estimate of drug-likeness (QED) is 0.859. The Balaban J connectivity index is 1.68. The normalized spacial score (nSPS) is 20.1. The van der Waals surface area contributed by atoms with Crippen LogP contribution >= 0.6 is 0 Å². The summed E-state index contributed by atoms with van der Waals surface area (Å²) in [6, 6.07) is 7.81. The molecule has 1 N–H and O–H groups in total. The summed E-state index contributed by atoms with van der Waals surface area (Å²) < 4.78 is 0. The Morgan fingerprint density at radius 1 is 1.18 bits per heavy atom. The molecule has 0 atom stereocenters. The largest absolute Gasteiger partial charge is 0.309 e. The van der Waals surface area contributed by atoms with Gasteiger partial charge in [0.15, 0.2) is 0 Å². The van der Waals surface area contributed by atoms with E-state index in [1.165, 1.54) is 42.4 Å². The molecule has 1 aromatic carbocycles. The Hall–Kier alpha value is -0.860. The number of rotatable bonds is 3. The van der Waals surface area contributed by atoms with Gasteiger partial charge in [-0.25, -0.2) is 0 Å². The van der Waals surface area contributed by atoms with Gasteiger partial charge in [-0.3, -0.25) is 4.90 Å². The van der Waals surface area contributed by atoms with E-state index in [0.717, 1.165) is 25.7 Å². The van der Waals surface area contributed by atoms with Gasteiger partial charge in [0.25, 0.3) is 0 Å². The standard InChI is InChI=1S/C15H22N2/c1-17(15-4-2-3-5-15)11-12-6-7-13-9-16-10-14(13)8-12/h6-8,15-16H,2-5,9-11H2,1H3. The van der Waals surface area contributed by atoms with Crippen molar-refractivity contribution in [2.45, 2.75) is 51.4 Å². The van der Waals surface area contributed by atoms with Gasteiger partial charge in [0, 0.05) is 25.7 Å². The van der Waals surface area contributed by atoms with Crippen molar-refractivity contribution in [3.63, 3.8) is 0 Å². The van der Waals surface area contributed by atoms with Crippen molar-refractivity contribution in [2.24, 2.45) is 0 Å². The number of hydrogen-bond acceptors (Lipinski definition) is 2. The van der Waals surface area contributed by atoms with Gasteiger partial charge in [0.2, 0.25) is 0 Å². The van der Waals surface area contributed by atoms with Crippen LogP contribution in [0.1, 0.15) is 42.4 Å². The van der Waals surface area contributed by atoms with Gasteiger partial charge in [-0.2, -0.15) is 0 Å². The van der Waals surface area contributed by atoms with Crippen molar-refractivity contribution < 1.29 is 0 Å². The predicted octanol–water partition coefficient (Wildman–Crippen LogP) is 2.66. The van der Waals surface area contributed by atoms with Crippen LogP contribution in [0.4, 0.5) is 0 Å². The first-order valence-electron chi connectivity index (χ1n) is 6.84. The fraction of sp³-hybridized carbons (Fsp3) is 0.600. The van der Waals surface area contributed by atoms with E-state index in [9.17, 15) is 0 Å². The van der Waals surface area contributed by atoms with Crippen LogP contribution in [0.3, 0.4) is 0 Å². The topological polar surface area (TPSA) is 15.3 Å². The number of benzene rings is 1.